The molecule has 3 atom stereocenters. The highest BCUT2D eigenvalue weighted by atomic mass is 15.0. The lowest BCUT2D eigenvalue weighted by molar-refractivity contribution is 0.391. The van der Waals surface area contributed by atoms with Crippen molar-refractivity contribution in [1.82, 2.24) is 5.32 Å². The fourth-order valence-electron chi connectivity index (χ4n) is 2.34. The minimum absolute atomic E-state index is 0.817. The van der Waals surface area contributed by atoms with Gasteiger partial charge in [-0.3, -0.25) is 0 Å². The van der Waals surface area contributed by atoms with Crippen molar-refractivity contribution in [3.05, 3.63) is 0 Å². The van der Waals surface area contributed by atoms with E-state index < -0.39 is 0 Å². The molecule has 1 saturated heterocycles. The first kappa shape index (κ1) is 5.72. The summed E-state index contributed by atoms with van der Waals surface area (Å²) in [5.74, 6) is 1.02. The van der Waals surface area contributed by atoms with Gasteiger partial charge in [0.15, 0.2) is 0 Å². The van der Waals surface area contributed by atoms with Crippen molar-refractivity contribution in [3.8, 4) is 0 Å². The summed E-state index contributed by atoms with van der Waals surface area (Å²) in [7, 11) is 0. The molecule has 1 nitrogen and oxygen atoms in total. The van der Waals surface area contributed by atoms with Crippen molar-refractivity contribution in [2.45, 2.75) is 44.7 Å². The summed E-state index contributed by atoms with van der Waals surface area (Å²) in [5.41, 5.74) is 0. The Morgan fingerprint density at radius 2 is 2.22 bits per heavy atom. The Balaban J connectivity index is 2.07. The normalized spacial score (nSPS) is 49.7. The SMILES string of the molecule is CC1NC2CCCC1C2. The lowest BCUT2D eigenvalue weighted by Gasteiger charge is -2.16. The molecule has 0 aromatic rings. The summed E-state index contributed by atoms with van der Waals surface area (Å²) < 4.78 is 0. The second kappa shape index (κ2) is 1.98. The van der Waals surface area contributed by atoms with Crippen molar-refractivity contribution in [2.75, 3.05) is 0 Å². The maximum absolute atomic E-state index is 3.62. The molecule has 0 aromatic heterocycles. The zero-order valence-electron chi connectivity index (χ0n) is 6.06. The van der Waals surface area contributed by atoms with Gasteiger partial charge in [0.25, 0.3) is 0 Å². The van der Waals surface area contributed by atoms with Gasteiger partial charge in [0.2, 0.25) is 0 Å². The molecule has 1 heteroatoms. The van der Waals surface area contributed by atoms with Gasteiger partial charge in [-0.25, -0.2) is 0 Å². The molecule has 1 N–H and O–H groups in total. The molecule has 1 aliphatic carbocycles. The maximum Gasteiger partial charge on any atom is 0.00728 e. The molecule has 0 spiro atoms. The fourth-order valence-corrected chi connectivity index (χ4v) is 2.34. The van der Waals surface area contributed by atoms with Crippen LogP contribution in [0.1, 0.15) is 32.6 Å². The van der Waals surface area contributed by atoms with Gasteiger partial charge >= 0.3 is 0 Å². The Bertz CT molecular complexity index is 109. The average Bonchev–Trinajstić information content (AvgIpc) is 2.09. The monoisotopic (exact) mass is 125 g/mol. The van der Waals surface area contributed by atoms with E-state index in [0.29, 0.717) is 0 Å². The van der Waals surface area contributed by atoms with Gasteiger partial charge in [-0.1, -0.05) is 6.42 Å². The third-order valence-corrected chi connectivity index (χ3v) is 2.92. The van der Waals surface area contributed by atoms with Gasteiger partial charge < -0.3 is 5.32 Å². The van der Waals surface area contributed by atoms with Crippen LogP contribution < -0.4 is 5.32 Å². The first-order valence-corrected chi connectivity index (χ1v) is 4.12. The van der Waals surface area contributed by atoms with Crippen molar-refractivity contribution < 1.29 is 0 Å². The van der Waals surface area contributed by atoms with Gasteiger partial charge in [0, 0.05) is 12.1 Å². The Hall–Kier alpha value is -0.0400. The van der Waals surface area contributed by atoms with Gasteiger partial charge in [-0.05, 0) is 32.1 Å². The van der Waals surface area contributed by atoms with E-state index in [-0.39, 0.29) is 0 Å². The smallest absolute Gasteiger partial charge is 0.00728 e. The average molecular weight is 125 g/mol. The second-order valence-corrected chi connectivity index (χ2v) is 3.58. The summed E-state index contributed by atoms with van der Waals surface area (Å²) in [6.45, 7) is 2.33. The van der Waals surface area contributed by atoms with Crippen LogP contribution in [0, 0.1) is 5.92 Å². The molecule has 3 unspecified atom stereocenters. The summed E-state index contributed by atoms with van der Waals surface area (Å²) in [5, 5.41) is 3.62. The maximum atomic E-state index is 3.62. The van der Waals surface area contributed by atoms with E-state index >= 15 is 0 Å². The van der Waals surface area contributed by atoms with Crippen LogP contribution in [-0.2, 0) is 0 Å². The van der Waals surface area contributed by atoms with Crippen LogP contribution in [-0.4, -0.2) is 12.1 Å². The van der Waals surface area contributed by atoms with Gasteiger partial charge in [0.1, 0.15) is 0 Å². The molecule has 2 fully saturated rings. The highest BCUT2D eigenvalue weighted by Gasteiger charge is 2.33. The number of fused-ring (bicyclic) bond motifs is 2. The second-order valence-electron chi connectivity index (χ2n) is 3.58. The minimum Gasteiger partial charge on any atom is -0.311 e. The van der Waals surface area contributed by atoms with E-state index in [0.717, 1.165) is 18.0 Å². The molecule has 1 saturated carbocycles. The lowest BCUT2D eigenvalue weighted by Crippen LogP contribution is -2.26. The molecular weight excluding hydrogens is 110 g/mol. The topological polar surface area (TPSA) is 12.0 Å². The quantitative estimate of drug-likeness (QED) is 0.518. The molecular formula is C8H15N. The van der Waals surface area contributed by atoms with Crippen molar-refractivity contribution in [2.24, 2.45) is 5.92 Å². The van der Waals surface area contributed by atoms with Gasteiger partial charge in [-0.15, -0.1) is 0 Å². The highest BCUT2D eigenvalue weighted by Crippen LogP contribution is 2.32. The van der Waals surface area contributed by atoms with Crippen LogP contribution in [0.4, 0.5) is 0 Å². The Morgan fingerprint density at radius 3 is 2.89 bits per heavy atom. The van der Waals surface area contributed by atoms with Crippen molar-refractivity contribution >= 4 is 0 Å². The molecule has 2 rings (SSSR count). The zero-order chi connectivity index (χ0) is 6.27. The van der Waals surface area contributed by atoms with Crippen molar-refractivity contribution in [3.63, 3.8) is 0 Å². The third-order valence-electron chi connectivity index (χ3n) is 2.92. The lowest BCUT2D eigenvalue weighted by atomic mass is 9.88. The molecule has 2 aliphatic rings. The van der Waals surface area contributed by atoms with E-state index in [1.807, 2.05) is 0 Å². The van der Waals surface area contributed by atoms with Crippen molar-refractivity contribution in [1.29, 1.82) is 0 Å². The number of rotatable bonds is 0. The first-order valence-electron chi connectivity index (χ1n) is 4.12. The third kappa shape index (κ3) is 0.877. The van der Waals surface area contributed by atoms with Gasteiger partial charge in [-0.2, -0.15) is 0 Å². The van der Waals surface area contributed by atoms with Crippen LogP contribution in [0.5, 0.6) is 0 Å². The molecule has 0 radical (unpaired) electrons. The Morgan fingerprint density at radius 1 is 1.33 bits per heavy atom. The highest BCUT2D eigenvalue weighted by molar-refractivity contribution is 4.91. The predicted octanol–water partition coefficient (Wildman–Crippen LogP) is 1.54. The molecule has 1 heterocycles. The summed E-state index contributed by atoms with van der Waals surface area (Å²) in [4.78, 5) is 0. The summed E-state index contributed by atoms with van der Waals surface area (Å²) in [6.07, 6.45) is 5.83. The first-order chi connectivity index (χ1) is 4.36. The molecule has 9 heavy (non-hydrogen) atoms. The Labute approximate surface area is 56.8 Å². The fraction of sp³-hybridized carbons (Fsp3) is 1.00. The number of hydrogen-bond acceptors (Lipinski definition) is 1. The largest absolute Gasteiger partial charge is 0.311 e. The molecule has 52 valence electrons. The van der Waals surface area contributed by atoms with Crippen LogP contribution in [0.3, 0.4) is 0 Å². The Kier molecular flexibility index (Phi) is 1.26. The molecule has 2 bridgehead atoms. The van der Waals surface area contributed by atoms with Crippen LogP contribution in [0.25, 0.3) is 0 Å². The zero-order valence-corrected chi connectivity index (χ0v) is 6.06. The standard InChI is InChI=1S/C8H15N/c1-6-7-3-2-4-8(5-7)9-6/h6-9H,2-5H2,1H3. The summed E-state index contributed by atoms with van der Waals surface area (Å²) in [6, 6.07) is 1.70. The van der Waals surface area contributed by atoms with E-state index in [2.05, 4.69) is 12.2 Å². The molecule has 0 amide bonds. The van der Waals surface area contributed by atoms with E-state index in [1.54, 1.807) is 0 Å². The van der Waals surface area contributed by atoms with Gasteiger partial charge in [0.05, 0.1) is 0 Å². The molecule has 0 aromatic carbocycles. The van der Waals surface area contributed by atoms with E-state index in [9.17, 15) is 0 Å². The minimum atomic E-state index is 0.817. The van der Waals surface area contributed by atoms with E-state index in [1.165, 1.54) is 25.7 Å². The van der Waals surface area contributed by atoms with Crippen LogP contribution >= 0.6 is 0 Å². The predicted molar refractivity (Wildman–Crippen MR) is 38.3 cm³/mol. The van der Waals surface area contributed by atoms with Crippen LogP contribution in [0.15, 0.2) is 0 Å². The molecule has 1 aliphatic heterocycles. The van der Waals surface area contributed by atoms with E-state index in [4.69, 9.17) is 0 Å². The summed E-state index contributed by atoms with van der Waals surface area (Å²) >= 11 is 0. The van der Waals surface area contributed by atoms with Crippen LogP contribution in [0.2, 0.25) is 0 Å². The number of hydrogen-bond donors (Lipinski definition) is 1. The number of nitrogens with one attached hydrogen (secondary N) is 1.